The third kappa shape index (κ3) is 3.54. The molecule has 0 bridgehead atoms. The van der Waals surface area contributed by atoms with Crippen LogP contribution < -0.4 is 10.5 Å². The van der Waals surface area contributed by atoms with Gasteiger partial charge in [0.05, 0.1) is 0 Å². The van der Waals surface area contributed by atoms with Crippen LogP contribution in [0.15, 0.2) is 24.3 Å². The van der Waals surface area contributed by atoms with Crippen molar-refractivity contribution in [1.29, 1.82) is 0 Å². The minimum Gasteiger partial charge on any atom is -0.435 e. The lowest BCUT2D eigenvalue weighted by molar-refractivity contribution is -0.0499. The summed E-state index contributed by atoms with van der Waals surface area (Å²) in [6, 6.07) is 6.63. The van der Waals surface area contributed by atoms with Gasteiger partial charge in [0.25, 0.3) is 0 Å². The average molecular weight is 264 g/mol. The number of ether oxygens (including phenoxy) is 1. The number of nitrogens with two attached hydrogens (primary N) is 1. The van der Waals surface area contributed by atoms with E-state index in [-0.39, 0.29) is 24.2 Å². The third-order valence-electron chi connectivity index (χ3n) is 3.13. The molecule has 1 aliphatic carbocycles. The summed E-state index contributed by atoms with van der Waals surface area (Å²) in [6.07, 6.45) is 3.47. The van der Waals surface area contributed by atoms with Crippen LogP contribution in [0, 0.1) is 5.92 Å². The van der Waals surface area contributed by atoms with Crippen LogP contribution in [0.2, 0.25) is 0 Å². The van der Waals surface area contributed by atoms with Crippen molar-refractivity contribution < 1.29 is 13.5 Å². The van der Waals surface area contributed by atoms with Crippen LogP contribution in [-0.2, 0) is 0 Å². The molecular formula is C12H16ClF2NO. The molecular weight excluding hydrogens is 248 g/mol. The van der Waals surface area contributed by atoms with E-state index in [1.165, 1.54) is 12.5 Å². The molecule has 0 aromatic heterocycles. The molecule has 0 spiro atoms. The van der Waals surface area contributed by atoms with E-state index in [0.717, 1.165) is 18.4 Å². The predicted octanol–water partition coefficient (Wildman–Crippen LogP) is 3.51. The molecule has 1 atom stereocenters. The predicted molar refractivity (Wildman–Crippen MR) is 64.6 cm³/mol. The summed E-state index contributed by atoms with van der Waals surface area (Å²) in [5.74, 6) is 0.670. The van der Waals surface area contributed by atoms with Gasteiger partial charge in [-0.3, -0.25) is 0 Å². The first kappa shape index (κ1) is 14.2. The van der Waals surface area contributed by atoms with Gasteiger partial charge >= 0.3 is 6.61 Å². The highest BCUT2D eigenvalue weighted by Crippen LogP contribution is 2.36. The van der Waals surface area contributed by atoms with Crippen LogP contribution in [0.5, 0.6) is 5.75 Å². The number of benzene rings is 1. The number of hydrogen-bond acceptors (Lipinski definition) is 2. The monoisotopic (exact) mass is 263 g/mol. The van der Waals surface area contributed by atoms with Crippen molar-refractivity contribution in [1.82, 2.24) is 0 Å². The summed E-state index contributed by atoms with van der Waals surface area (Å²) in [5, 5.41) is 0. The van der Waals surface area contributed by atoms with E-state index in [1.807, 2.05) is 6.07 Å². The van der Waals surface area contributed by atoms with Gasteiger partial charge in [0.2, 0.25) is 0 Å². The topological polar surface area (TPSA) is 35.2 Å². The minimum atomic E-state index is -2.78. The van der Waals surface area contributed by atoms with Crippen molar-refractivity contribution in [3.8, 4) is 5.75 Å². The number of hydrogen-bond donors (Lipinski definition) is 1. The first-order valence-corrected chi connectivity index (χ1v) is 5.47. The van der Waals surface area contributed by atoms with Crippen LogP contribution in [0.4, 0.5) is 8.78 Å². The van der Waals surface area contributed by atoms with Crippen LogP contribution in [0.25, 0.3) is 0 Å². The van der Waals surface area contributed by atoms with Crippen molar-refractivity contribution in [2.45, 2.75) is 31.9 Å². The van der Waals surface area contributed by atoms with Gasteiger partial charge in [0.15, 0.2) is 0 Å². The molecule has 2 nitrogen and oxygen atoms in total. The molecule has 1 aliphatic rings. The Morgan fingerprint density at radius 2 is 2.00 bits per heavy atom. The summed E-state index contributed by atoms with van der Waals surface area (Å²) in [5.41, 5.74) is 6.93. The van der Waals surface area contributed by atoms with Gasteiger partial charge < -0.3 is 10.5 Å². The smallest absolute Gasteiger partial charge is 0.387 e. The zero-order valence-electron chi connectivity index (χ0n) is 9.31. The van der Waals surface area contributed by atoms with E-state index >= 15 is 0 Å². The van der Waals surface area contributed by atoms with Crippen molar-refractivity contribution in [3.05, 3.63) is 29.8 Å². The average Bonchev–Trinajstić information content (AvgIpc) is 2.14. The van der Waals surface area contributed by atoms with Crippen molar-refractivity contribution >= 4 is 12.4 Å². The largest absolute Gasteiger partial charge is 0.435 e. The minimum absolute atomic E-state index is 0. The van der Waals surface area contributed by atoms with E-state index in [4.69, 9.17) is 5.73 Å². The Labute approximate surface area is 106 Å². The van der Waals surface area contributed by atoms with Gasteiger partial charge in [-0.2, -0.15) is 8.78 Å². The molecule has 1 aromatic rings. The Kier molecular flexibility index (Phi) is 5.15. The van der Waals surface area contributed by atoms with Gasteiger partial charge in [0, 0.05) is 6.04 Å². The fraction of sp³-hybridized carbons (Fsp3) is 0.500. The molecule has 96 valence electrons. The van der Waals surface area contributed by atoms with Gasteiger partial charge in [-0.1, -0.05) is 18.6 Å². The standard InChI is InChI=1S/C12H15F2NO.ClH/c13-12(14)16-10-6-2-5-9(7-10)11(15)8-3-1-4-8;/h2,5-8,11-12H,1,3-4,15H2;1H/t11-;/m0./s1. The zero-order chi connectivity index (χ0) is 11.5. The van der Waals surface area contributed by atoms with Gasteiger partial charge in [-0.05, 0) is 36.5 Å². The Balaban J connectivity index is 0.00000144. The van der Waals surface area contributed by atoms with Crippen LogP contribution >= 0.6 is 12.4 Å². The fourth-order valence-corrected chi connectivity index (χ4v) is 1.97. The lowest BCUT2D eigenvalue weighted by atomic mass is 9.77. The van der Waals surface area contributed by atoms with Crippen LogP contribution in [-0.4, -0.2) is 6.61 Å². The molecule has 0 unspecified atom stereocenters. The van der Waals surface area contributed by atoms with Crippen molar-refractivity contribution in [2.24, 2.45) is 11.7 Å². The quantitative estimate of drug-likeness (QED) is 0.902. The maximum absolute atomic E-state index is 12.0. The molecule has 0 amide bonds. The highest BCUT2D eigenvalue weighted by Gasteiger charge is 2.25. The van der Waals surface area contributed by atoms with Crippen molar-refractivity contribution in [3.63, 3.8) is 0 Å². The Morgan fingerprint density at radius 1 is 1.29 bits per heavy atom. The second kappa shape index (κ2) is 6.17. The van der Waals surface area contributed by atoms with Crippen LogP contribution in [0.1, 0.15) is 30.9 Å². The maximum Gasteiger partial charge on any atom is 0.387 e. The van der Waals surface area contributed by atoms with E-state index < -0.39 is 6.61 Å². The molecule has 2 N–H and O–H groups in total. The number of halogens is 3. The summed E-state index contributed by atoms with van der Waals surface area (Å²) in [4.78, 5) is 0. The Hall–Kier alpha value is -0.870. The van der Waals surface area contributed by atoms with E-state index in [9.17, 15) is 8.78 Å². The third-order valence-corrected chi connectivity index (χ3v) is 3.13. The van der Waals surface area contributed by atoms with Crippen molar-refractivity contribution in [2.75, 3.05) is 0 Å². The van der Waals surface area contributed by atoms with E-state index in [0.29, 0.717) is 5.92 Å². The summed E-state index contributed by atoms with van der Waals surface area (Å²) < 4.78 is 28.4. The molecule has 1 saturated carbocycles. The molecule has 0 aliphatic heterocycles. The van der Waals surface area contributed by atoms with E-state index in [1.54, 1.807) is 12.1 Å². The fourth-order valence-electron chi connectivity index (χ4n) is 1.97. The van der Waals surface area contributed by atoms with Gasteiger partial charge in [-0.25, -0.2) is 0 Å². The zero-order valence-corrected chi connectivity index (χ0v) is 10.1. The number of rotatable bonds is 4. The lowest BCUT2D eigenvalue weighted by Gasteiger charge is -2.31. The second-order valence-electron chi connectivity index (χ2n) is 4.17. The molecule has 2 rings (SSSR count). The highest BCUT2D eigenvalue weighted by atomic mass is 35.5. The molecule has 0 radical (unpaired) electrons. The summed E-state index contributed by atoms with van der Waals surface area (Å²) in [6.45, 7) is -2.78. The Morgan fingerprint density at radius 3 is 2.53 bits per heavy atom. The lowest BCUT2D eigenvalue weighted by Crippen LogP contribution is -2.26. The molecule has 0 heterocycles. The van der Waals surface area contributed by atoms with Gasteiger partial charge in [-0.15, -0.1) is 12.4 Å². The summed E-state index contributed by atoms with van der Waals surface area (Å²) in [7, 11) is 0. The van der Waals surface area contributed by atoms with Gasteiger partial charge in [0.1, 0.15) is 5.75 Å². The van der Waals surface area contributed by atoms with E-state index in [2.05, 4.69) is 4.74 Å². The second-order valence-corrected chi connectivity index (χ2v) is 4.17. The molecule has 0 saturated heterocycles. The summed E-state index contributed by atoms with van der Waals surface area (Å²) >= 11 is 0. The number of alkyl halides is 2. The maximum atomic E-state index is 12.0. The first-order chi connectivity index (χ1) is 7.66. The molecule has 17 heavy (non-hydrogen) atoms. The Bertz CT molecular complexity index is 358. The SMILES string of the molecule is Cl.N[C@H](c1cccc(OC(F)F)c1)C1CCC1. The molecule has 5 heteroatoms. The molecule has 1 fully saturated rings. The van der Waals surface area contributed by atoms with Crippen LogP contribution in [0.3, 0.4) is 0 Å². The normalized spacial score (nSPS) is 17.2. The molecule has 1 aromatic carbocycles. The highest BCUT2D eigenvalue weighted by molar-refractivity contribution is 5.85. The first-order valence-electron chi connectivity index (χ1n) is 5.47.